The number of carbonyl (C=O) groups excluding carboxylic acids is 1. The van der Waals surface area contributed by atoms with E-state index in [1.165, 1.54) is 23.5 Å². The molecule has 6 nitrogen and oxygen atoms in total. The first-order chi connectivity index (χ1) is 17.0. The lowest BCUT2D eigenvalue weighted by Crippen LogP contribution is -2.25. The van der Waals surface area contributed by atoms with Crippen LogP contribution in [0.5, 0.6) is 5.75 Å². The van der Waals surface area contributed by atoms with Crippen molar-refractivity contribution in [2.24, 2.45) is 0 Å². The van der Waals surface area contributed by atoms with Gasteiger partial charge in [0.1, 0.15) is 24.0 Å². The molecule has 3 heterocycles. The molecule has 1 aliphatic rings. The molecule has 0 radical (unpaired) electrons. The number of aryl methyl sites for hydroxylation is 1. The highest BCUT2D eigenvalue weighted by Gasteiger charge is 2.33. The Bertz CT molecular complexity index is 1520. The van der Waals surface area contributed by atoms with Gasteiger partial charge in [-0.25, -0.2) is 9.37 Å². The van der Waals surface area contributed by atoms with E-state index in [0.717, 1.165) is 32.6 Å². The molecule has 6 rings (SSSR count). The minimum Gasteiger partial charge on any atom is -0.489 e. The fourth-order valence-electron chi connectivity index (χ4n) is 4.49. The summed E-state index contributed by atoms with van der Waals surface area (Å²) in [5.74, 6) is 0.860. The molecule has 174 valence electrons. The fraction of sp³-hybridized carbons (Fsp3) is 0.148. The maximum Gasteiger partial charge on any atom is 0.226 e. The lowest BCUT2D eigenvalue weighted by molar-refractivity contribution is -0.116. The molecule has 0 spiro atoms. The van der Waals surface area contributed by atoms with Crippen LogP contribution in [0.25, 0.3) is 15.3 Å². The number of nitrogens with one attached hydrogen (secondary N) is 1. The Kier molecular flexibility index (Phi) is 5.30. The average molecular weight is 485 g/mol. The number of carbonyl (C=O) groups is 1. The summed E-state index contributed by atoms with van der Waals surface area (Å²) in [4.78, 5) is 17.5. The number of aromatic nitrogens is 3. The minimum atomic E-state index is -0.274. The van der Waals surface area contributed by atoms with Crippen LogP contribution in [-0.2, 0) is 11.4 Å². The third-order valence-corrected chi connectivity index (χ3v) is 7.16. The van der Waals surface area contributed by atoms with Crippen molar-refractivity contribution in [1.29, 1.82) is 0 Å². The summed E-state index contributed by atoms with van der Waals surface area (Å²) in [6.45, 7) is 2.29. The first kappa shape index (κ1) is 21.5. The number of para-hydroxylation sites is 1. The molecule has 8 heteroatoms. The smallest absolute Gasteiger partial charge is 0.226 e. The van der Waals surface area contributed by atoms with Gasteiger partial charge in [0.25, 0.3) is 0 Å². The Morgan fingerprint density at radius 1 is 1.11 bits per heavy atom. The van der Waals surface area contributed by atoms with Crippen molar-refractivity contribution >= 4 is 33.3 Å². The van der Waals surface area contributed by atoms with Crippen molar-refractivity contribution in [3.63, 3.8) is 0 Å². The van der Waals surface area contributed by atoms with E-state index in [1.807, 2.05) is 55.5 Å². The largest absolute Gasteiger partial charge is 0.489 e. The average Bonchev–Trinajstić information content (AvgIpc) is 3.44. The number of ether oxygens (including phenoxy) is 1. The maximum atomic E-state index is 13.2. The van der Waals surface area contributed by atoms with Crippen molar-refractivity contribution in [1.82, 2.24) is 14.8 Å². The molecule has 1 N–H and O–H groups in total. The summed E-state index contributed by atoms with van der Waals surface area (Å²) in [6.07, 6.45) is 0.320. The topological polar surface area (TPSA) is 69.0 Å². The maximum absolute atomic E-state index is 13.2. The summed E-state index contributed by atoms with van der Waals surface area (Å²) >= 11 is 1.54. The van der Waals surface area contributed by atoms with Crippen LogP contribution in [0.15, 0.2) is 72.8 Å². The summed E-state index contributed by atoms with van der Waals surface area (Å²) in [5.41, 5.74) is 4.59. The van der Waals surface area contributed by atoms with Gasteiger partial charge in [0.05, 0.1) is 15.9 Å². The van der Waals surface area contributed by atoms with Crippen LogP contribution in [0.3, 0.4) is 0 Å². The Hall–Kier alpha value is -4.04. The molecule has 1 aliphatic heterocycles. The van der Waals surface area contributed by atoms with Crippen LogP contribution in [-0.4, -0.2) is 20.7 Å². The number of hydrogen-bond donors (Lipinski definition) is 1. The third-order valence-electron chi connectivity index (χ3n) is 6.15. The molecule has 1 atom stereocenters. The Labute approximate surface area is 205 Å². The van der Waals surface area contributed by atoms with Crippen LogP contribution in [0, 0.1) is 12.7 Å². The van der Waals surface area contributed by atoms with Crippen molar-refractivity contribution in [2.45, 2.75) is 25.9 Å². The zero-order valence-corrected chi connectivity index (χ0v) is 19.7. The van der Waals surface area contributed by atoms with Crippen LogP contribution in [0.2, 0.25) is 0 Å². The Morgan fingerprint density at radius 3 is 2.77 bits per heavy atom. The van der Waals surface area contributed by atoms with Crippen molar-refractivity contribution < 1.29 is 13.9 Å². The number of anilines is 1. The highest BCUT2D eigenvalue weighted by atomic mass is 32.1. The van der Waals surface area contributed by atoms with Gasteiger partial charge in [0.15, 0.2) is 0 Å². The minimum absolute atomic E-state index is 0.0672. The van der Waals surface area contributed by atoms with Gasteiger partial charge in [-0.3, -0.25) is 4.79 Å². The van der Waals surface area contributed by atoms with E-state index in [9.17, 15) is 9.18 Å². The van der Waals surface area contributed by atoms with Gasteiger partial charge in [-0.2, -0.15) is 9.78 Å². The molecule has 0 aliphatic carbocycles. The Balaban J connectivity index is 1.34. The lowest BCUT2D eigenvalue weighted by atomic mass is 9.86. The lowest BCUT2D eigenvalue weighted by Gasteiger charge is -2.24. The monoisotopic (exact) mass is 484 g/mol. The van der Waals surface area contributed by atoms with Gasteiger partial charge in [-0.15, -0.1) is 0 Å². The Morgan fingerprint density at radius 2 is 1.94 bits per heavy atom. The van der Waals surface area contributed by atoms with Crippen molar-refractivity contribution in [3.05, 3.63) is 101 Å². The highest BCUT2D eigenvalue weighted by molar-refractivity contribution is 7.20. The molecule has 0 fully saturated rings. The number of benzene rings is 3. The third kappa shape index (κ3) is 4.06. The van der Waals surface area contributed by atoms with E-state index in [0.29, 0.717) is 29.7 Å². The predicted molar refractivity (Wildman–Crippen MR) is 134 cm³/mol. The van der Waals surface area contributed by atoms with Gasteiger partial charge in [0, 0.05) is 17.9 Å². The molecular weight excluding hydrogens is 463 g/mol. The van der Waals surface area contributed by atoms with E-state index in [-0.39, 0.29) is 17.6 Å². The van der Waals surface area contributed by atoms with Gasteiger partial charge in [0.2, 0.25) is 11.0 Å². The zero-order valence-electron chi connectivity index (χ0n) is 18.9. The second-order valence-corrected chi connectivity index (χ2v) is 9.53. The van der Waals surface area contributed by atoms with Gasteiger partial charge >= 0.3 is 0 Å². The van der Waals surface area contributed by atoms with E-state index in [4.69, 9.17) is 14.8 Å². The number of amides is 1. The summed E-state index contributed by atoms with van der Waals surface area (Å²) in [6, 6.07) is 22.0. The molecule has 0 bridgehead atoms. The number of nitrogens with zero attached hydrogens (tertiary/aromatic N) is 3. The number of halogens is 1. The summed E-state index contributed by atoms with van der Waals surface area (Å²) in [5, 5.41) is 8.50. The molecule has 0 unspecified atom stereocenters. The summed E-state index contributed by atoms with van der Waals surface area (Å²) in [7, 11) is 0. The number of thiazole rings is 1. The van der Waals surface area contributed by atoms with E-state index >= 15 is 0 Å². The molecule has 1 amide bonds. The number of rotatable bonds is 5. The van der Waals surface area contributed by atoms with Crippen LogP contribution in [0.1, 0.15) is 34.7 Å². The van der Waals surface area contributed by atoms with Crippen molar-refractivity contribution in [2.75, 3.05) is 5.32 Å². The highest BCUT2D eigenvalue weighted by Crippen LogP contribution is 2.41. The van der Waals surface area contributed by atoms with Crippen LogP contribution in [0.4, 0.5) is 10.2 Å². The van der Waals surface area contributed by atoms with Gasteiger partial charge in [-0.05, 0) is 54.4 Å². The molecule has 5 aromatic rings. The standard InChI is InChI=1S/C27H21FN4O2S/c1-16-25-21(18-5-4-6-20(13-18)34-15-17-9-11-19(28)12-10-17)14-24(33)30-26(25)32(31-16)27-29-22-7-2-3-8-23(22)35-27/h2-13,21H,14-15H2,1H3,(H,30,33)/t21-/m0/s1. The fourth-order valence-corrected chi connectivity index (χ4v) is 5.41. The molecule has 0 saturated carbocycles. The number of fused-ring (bicyclic) bond motifs is 2. The normalized spacial score (nSPS) is 15.1. The summed E-state index contributed by atoms with van der Waals surface area (Å²) < 4.78 is 21.9. The second kappa shape index (κ2) is 8.63. The van der Waals surface area contributed by atoms with Gasteiger partial charge in [-0.1, -0.05) is 47.7 Å². The van der Waals surface area contributed by atoms with Gasteiger partial charge < -0.3 is 10.1 Å². The van der Waals surface area contributed by atoms with E-state index in [1.54, 1.807) is 16.8 Å². The second-order valence-electron chi connectivity index (χ2n) is 8.52. The van der Waals surface area contributed by atoms with Crippen LogP contribution >= 0.6 is 11.3 Å². The molecular formula is C27H21FN4O2S. The molecule has 2 aromatic heterocycles. The van der Waals surface area contributed by atoms with Crippen LogP contribution < -0.4 is 10.1 Å². The first-order valence-corrected chi connectivity index (χ1v) is 12.1. The van der Waals surface area contributed by atoms with E-state index < -0.39 is 0 Å². The SMILES string of the molecule is Cc1nn(-c2nc3ccccc3s2)c2c1[C@H](c1cccc(OCc3ccc(F)cc3)c1)CC(=O)N2. The molecule has 35 heavy (non-hydrogen) atoms. The number of hydrogen-bond acceptors (Lipinski definition) is 5. The van der Waals surface area contributed by atoms with Crippen molar-refractivity contribution in [3.8, 4) is 10.9 Å². The quantitative estimate of drug-likeness (QED) is 0.333. The van der Waals surface area contributed by atoms with E-state index in [2.05, 4.69) is 5.32 Å². The predicted octanol–water partition coefficient (Wildman–Crippen LogP) is 5.98. The zero-order chi connectivity index (χ0) is 23.9. The molecule has 0 saturated heterocycles. The molecule has 3 aromatic carbocycles. The first-order valence-electron chi connectivity index (χ1n) is 11.3.